The van der Waals surface area contributed by atoms with Gasteiger partial charge in [0.25, 0.3) is 0 Å². The first-order valence-corrected chi connectivity index (χ1v) is 17.1. The van der Waals surface area contributed by atoms with Crippen molar-refractivity contribution in [2.45, 2.75) is 56.7 Å². The van der Waals surface area contributed by atoms with Gasteiger partial charge in [-0.05, 0) is 87.9 Å². The summed E-state index contributed by atoms with van der Waals surface area (Å²) in [6.07, 6.45) is -4.41. The number of carbonyl (C=O) groups is 1. The summed E-state index contributed by atoms with van der Waals surface area (Å²) in [5.74, 6) is 0.519. The minimum Gasteiger partial charge on any atom is -0.476 e. The Morgan fingerprint density at radius 3 is 2.28 bits per heavy atom. The summed E-state index contributed by atoms with van der Waals surface area (Å²) >= 11 is 3.13. The summed E-state index contributed by atoms with van der Waals surface area (Å²) in [5.41, 5.74) is 1.58. The fraction of sp³-hybridized carbons (Fsp3) is 0.371. The second kappa shape index (κ2) is 14.7. The van der Waals surface area contributed by atoms with Gasteiger partial charge in [-0.2, -0.15) is 13.2 Å². The predicted octanol–water partition coefficient (Wildman–Crippen LogP) is 8.61. The van der Waals surface area contributed by atoms with E-state index in [-0.39, 0.29) is 12.4 Å². The highest BCUT2D eigenvalue weighted by Gasteiger charge is 2.32. The molecule has 47 heavy (non-hydrogen) atoms. The molecule has 0 saturated carbocycles. The third-order valence-corrected chi connectivity index (χ3v) is 10.2. The average Bonchev–Trinajstić information content (AvgIpc) is 3.44. The maximum absolute atomic E-state index is 13.4. The first-order valence-electron chi connectivity index (χ1n) is 15.3. The maximum atomic E-state index is 13.4. The van der Waals surface area contributed by atoms with Crippen LogP contribution in [0.25, 0.3) is 10.6 Å². The average molecular weight is 688 g/mol. The first-order chi connectivity index (χ1) is 22.3. The van der Waals surface area contributed by atoms with E-state index < -0.39 is 23.3 Å². The van der Waals surface area contributed by atoms with Gasteiger partial charge in [0, 0.05) is 59.5 Å². The molecule has 3 aromatic carbocycles. The van der Waals surface area contributed by atoms with Crippen molar-refractivity contribution in [3.63, 3.8) is 0 Å². The van der Waals surface area contributed by atoms with Gasteiger partial charge >= 0.3 is 12.1 Å². The molecule has 0 bridgehead atoms. The van der Waals surface area contributed by atoms with Gasteiger partial charge in [-0.1, -0.05) is 12.1 Å². The van der Waals surface area contributed by atoms with Gasteiger partial charge in [-0.25, -0.2) is 14.2 Å². The summed E-state index contributed by atoms with van der Waals surface area (Å²) in [7, 11) is 0. The zero-order valence-corrected chi connectivity index (χ0v) is 28.3. The van der Waals surface area contributed by atoms with E-state index in [9.17, 15) is 22.4 Å². The Labute approximate surface area is 280 Å². The second-order valence-corrected chi connectivity index (χ2v) is 13.9. The van der Waals surface area contributed by atoms with Gasteiger partial charge in [-0.15, -0.1) is 23.1 Å². The summed E-state index contributed by atoms with van der Waals surface area (Å²) in [5, 5.41) is 0.676. The molecule has 0 spiro atoms. The van der Waals surface area contributed by atoms with Gasteiger partial charge in [0.15, 0.2) is 5.60 Å². The Balaban J connectivity index is 1.31. The molecule has 0 unspecified atom stereocenters. The number of carbonyl (C=O) groups excluding carboxylic acids is 1. The van der Waals surface area contributed by atoms with Crippen molar-refractivity contribution in [3.05, 3.63) is 94.2 Å². The summed E-state index contributed by atoms with van der Waals surface area (Å²) < 4.78 is 64.1. The van der Waals surface area contributed by atoms with Gasteiger partial charge in [0.05, 0.1) is 17.9 Å². The van der Waals surface area contributed by atoms with Crippen LogP contribution in [0.15, 0.2) is 71.6 Å². The molecule has 0 radical (unpaired) electrons. The summed E-state index contributed by atoms with van der Waals surface area (Å²) in [6, 6.07) is 17.5. The van der Waals surface area contributed by atoms with E-state index >= 15 is 0 Å². The van der Waals surface area contributed by atoms with Crippen molar-refractivity contribution in [2.24, 2.45) is 0 Å². The van der Waals surface area contributed by atoms with Gasteiger partial charge in [0.1, 0.15) is 16.6 Å². The minimum atomic E-state index is -4.41. The normalized spacial score (nSPS) is 14.3. The van der Waals surface area contributed by atoms with Crippen molar-refractivity contribution >= 4 is 34.8 Å². The first kappa shape index (κ1) is 34.7. The lowest BCUT2D eigenvalue weighted by Crippen LogP contribution is -2.46. The highest BCUT2D eigenvalue weighted by molar-refractivity contribution is 7.98. The van der Waals surface area contributed by atoms with Crippen LogP contribution >= 0.6 is 23.1 Å². The number of hydrogen-bond donors (Lipinski definition) is 0. The van der Waals surface area contributed by atoms with Crippen LogP contribution in [-0.4, -0.2) is 54.2 Å². The number of piperazine rings is 1. The van der Waals surface area contributed by atoms with E-state index in [4.69, 9.17) is 14.5 Å². The highest BCUT2D eigenvalue weighted by Crippen LogP contribution is 2.37. The second-order valence-electron chi connectivity index (χ2n) is 11.8. The standard InChI is InChI=1S/C35H37F4N3O3S2/c1-5-44-33(43)34(3,4)45-30-15-14-28(20-23(30)2)46-22-31-29(40-32(47-31)24-6-8-25(9-7-24)35(37,38)39)21-41-16-18-42(19-17-41)27-12-10-26(36)11-13-27/h6-15,20H,5,16-19,21-22H2,1-4H3. The molecule has 12 heteroatoms. The topological polar surface area (TPSA) is 54.9 Å². The van der Waals surface area contributed by atoms with Crippen LogP contribution in [0.1, 0.15) is 42.5 Å². The number of thiazole rings is 1. The molecule has 4 aromatic rings. The number of nitrogens with zero attached hydrogens (tertiary/aromatic N) is 3. The van der Waals surface area contributed by atoms with Crippen molar-refractivity contribution in [1.29, 1.82) is 0 Å². The van der Waals surface area contributed by atoms with E-state index in [0.29, 0.717) is 28.6 Å². The number of anilines is 1. The largest absolute Gasteiger partial charge is 0.476 e. The fourth-order valence-electron chi connectivity index (χ4n) is 5.17. The lowest BCUT2D eigenvalue weighted by atomic mass is 10.1. The zero-order chi connectivity index (χ0) is 33.8. The number of halogens is 4. The fourth-order valence-corrected chi connectivity index (χ4v) is 7.34. The Kier molecular flexibility index (Phi) is 10.8. The molecular formula is C35H37F4N3O3S2. The smallest absolute Gasteiger partial charge is 0.416 e. The van der Waals surface area contributed by atoms with Gasteiger partial charge in [0.2, 0.25) is 0 Å². The lowest BCUT2D eigenvalue weighted by Gasteiger charge is -2.36. The van der Waals surface area contributed by atoms with Crippen LogP contribution in [0, 0.1) is 12.7 Å². The third-order valence-electron chi connectivity index (χ3n) is 7.82. The number of rotatable bonds is 11. The minimum absolute atomic E-state index is 0.262. The molecule has 6 nitrogen and oxygen atoms in total. The number of alkyl halides is 3. The van der Waals surface area contributed by atoms with Crippen LogP contribution in [0.5, 0.6) is 5.75 Å². The van der Waals surface area contributed by atoms with E-state index in [1.165, 1.54) is 35.6 Å². The molecule has 1 aliphatic rings. The third kappa shape index (κ3) is 8.85. The number of esters is 1. The molecular weight excluding hydrogens is 651 g/mol. The molecule has 0 N–H and O–H groups in total. The molecule has 1 aromatic heterocycles. The van der Waals surface area contributed by atoms with Gasteiger partial charge < -0.3 is 14.4 Å². The van der Waals surface area contributed by atoms with E-state index in [1.54, 1.807) is 44.7 Å². The van der Waals surface area contributed by atoms with Crippen LogP contribution in [0.2, 0.25) is 0 Å². The van der Waals surface area contributed by atoms with E-state index in [1.807, 2.05) is 25.1 Å². The van der Waals surface area contributed by atoms with Crippen molar-refractivity contribution < 1.29 is 31.8 Å². The summed E-state index contributed by atoms with van der Waals surface area (Å²) in [4.78, 5) is 23.8. The van der Waals surface area contributed by atoms with E-state index in [0.717, 1.165) is 65.0 Å². The van der Waals surface area contributed by atoms with Crippen molar-refractivity contribution in [3.8, 4) is 16.3 Å². The van der Waals surface area contributed by atoms with Crippen LogP contribution in [0.3, 0.4) is 0 Å². The highest BCUT2D eigenvalue weighted by atomic mass is 32.2. The molecule has 0 amide bonds. The molecule has 0 aliphatic carbocycles. The molecule has 1 fully saturated rings. The maximum Gasteiger partial charge on any atom is 0.416 e. The number of hydrogen-bond acceptors (Lipinski definition) is 8. The monoisotopic (exact) mass is 687 g/mol. The number of benzene rings is 3. The zero-order valence-electron chi connectivity index (χ0n) is 26.7. The number of aromatic nitrogens is 1. The Morgan fingerprint density at radius 1 is 0.979 bits per heavy atom. The molecule has 0 atom stereocenters. The Bertz CT molecular complexity index is 1670. The molecule has 1 aliphatic heterocycles. The SMILES string of the molecule is CCOC(=O)C(C)(C)Oc1ccc(SCc2sc(-c3ccc(C(F)(F)F)cc3)nc2CN2CCN(c3ccc(F)cc3)CC2)cc1C. The lowest BCUT2D eigenvalue weighted by molar-refractivity contribution is -0.158. The Morgan fingerprint density at radius 2 is 1.66 bits per heavy atom. The molecule has 250 valence electrons. The number of aryl methyl sites for hydroxylation is 1. The van der Waals surface area contributed by atoms with Crippen LogP contribution in [0.4, 0.5) is 23.2 Å². The van der Waals surface area contributed by atoms with Crippen molar-refractivity contribution in [2.75, 3.05) is 37.7 Å². The van der Waals surface area contributed by atoms with Crippen molar-refractivity contribution in [1.82, 2.24) is 9.88 Å². The molecule has 5 rings (SSSR count). The number of ether oxygens (including phenoxy) is 2. The number of thioether (sulfide) groups is 1. The Hall–Kier alpha value is -3.61. The van der Waals surface area contributed by atoms with Crippen LogP contribution < -0.4 is 9.64 Å². The van der Waals surface area contributed by atoms with Crippen LogP contribution in [-0.2, 0) is 28.0 Å². The molecule has 1 saturated heterocycles. The predicted molar refractivity (Wildman–Crippen MR) is 179 cm³/mol. The van der Waals surface area contributed by atoms with E-state index in [2.05, 4.69) is 9.80 Å². The molecule has 2 heterocycles. The quantitative estimate of drug-likeness (QED) is 0.0890. The van der Waals surface area contributed by atoms with Gasteiger partial charge in [-0.3, -0.25) is 4.90 Å². The summed E-state index contributed by atoms with van der Waals surface area (Å²) in [6.45, 7) is 11.1.